The third-order valence-corrected chi connectivity index (χ3v) is 3.85. The van der Waals surface area contributed by atoms with E-state index in [9.17, 15) is 19.5 Å². The molecule has 1 aromatic carbocycles. The second kappa shape index (κ2) is 6.46. The van der Waals surface area contributed by atoms with Crippen LogP contribution >= 0.6 is 0 Å². The van der Waals surface area contributed by atoms with E-state index >= 15 is 0 Å². The number of phenolic OH excluding ortho intramolecular Hbond substituents is 1. The molecule has 1 aromatic rings. The maximum atomic E-state index is 12.2. The minimum absolute atomic E-state index is 0.102. The number of carboxylic acid groups (broad SMARTS) is 2. The van der Waals surface area contributed by atoms with Crippen LogP contribution in [0.1, 0.15) is 46.4 Å². The molecular formula is C15H17NO6. The number of amides is 1. The molecule has 0 spiro atoms. The summed E-state index contributed by atoms with van der Waals surface area (Å²) in [5.41, 5.74) is -0.229. The summed E-state index contributed by atoms with van der Waals surface area (Å²) in [6.45, 7) is 0. The van der Waals surface area contributed by atoms with Crippen LogP contribution in [-0.4, -0.2) is 39.2 Å². The van der Waals surface area contributed by atoms with Crippen LogP contribution in [0.3, 0.4) is 0 Å². The molecule has 0 aliphatic heterocycles. The largest absolute Gasteiger partial charge is 0.507 e. The lowest BCUT2D eigenvalue weighted by Gasteiger charge is -2.27. The molecule has 22 heavy (non-hydrogen) atoms. The van der Waals surface area contributed by atoms with Crippen molar-refractivity contribution in [2.45, 2.75) is 31.7 Å². The van der Waals surface area contributed by atoms with Crippen LogP contribution in [0.4, 0.5) is 0 Å². The number of carbonyl (C=O) groups excluding carboxylic acids is 1. The van der Waals surface area contributed by atoms with E-state index in [1.807, 2.05) is 0 Å². The van der Waals surface area contributed by atoms with Crippen molar-refractivity contribution in [3.05, 3.63) is 29.3 Å². The normalized spacial score (nSPS) is 21.1. The molecule has 2 unspecified atom stereocenters. The van der Waals surface area contributed by atoms with E-state index in [1.165, 1.54) is 6.07 Å². The maximum absolute atomic E-state index is 12.2. The zero-order valence-corrected chi connectivity index (χ0v) is 11.8. The van der Waals surface area contributed by atoms with Crippen molar-refractivity contribution in [1.82, 2.24) is 5.32 Å². The number of aliphatic carboxylic acids is 1. The first kappa shape index (κ1) is 15.8. The number of benzene rings is 1. The van der Waals surface area contributed by atoms with Gasteiger partial charge in [0.1, 0.15) is 5.75 Å². The molecule has 0 saturated heterocycles. The molecule has 1 saturated carbocycles. The molecular weight excluding hydrogens is 290 g/mol. The highest BCUT2D eigenvalue weighted by atomic mass is 16.4. The number of hydrogen-bond donors (Lipinski definition) is 4. The number of aromatic carboxylic acids is 1. The Morgan fingerprint density at radius 2 is 1.86 bits per heavy atom. The fourth-order valence-electron chi connectivity index (χ4n) is 2.66. The van der Waals surface area contributed by atoms with Gasteiger partial charge in [-0.15, -0.1) is 0 Å². The van der Waals surface area contributed by atoms with E-state index in [1.54, 1.807) is 0 Å². The Hall–Kier alpha value is -2.57. The first-order valence-electron chi connectivity index (χ1n) is 6.98. The predicted octanol–water partition coefficient (Wildman–Crippen LogP) is 1.46. The van der Waals surface area contributed by atoms with E-state index in [0.29, 0.717) is 25.7 Å². The molecule has 1 aliphatic rings. The minimum Gasteiger partial charge on any atom is -0.507 e. The number of hydrogen-bond acceptors (Lipinski definition) is 4. The van der Waals surface area contributed by atoms with Gasteiger partial charge in [-0.05, 0) is 37.5 Å². The van der Waals surface area contributed by atoms with E-state index in [-0.39, 0.29) is 22.9 Å². The van der Waals surface area contributed by atoms with E-state index < -0.39 is 23.8 Å². The summed E-state index contributed by atoms with van der Waals surface area (Å²) in [6.07, 6.45) is 2.28. The Morgan fingerprint density at radius 3 is 2.50 bits per heavy atom. The Kier molecular flexibility index (Phi) is 4.65. The molecule has 0 heterocycles. The highest BCUT2D eigenvalue weighted by Gasteiger charge is 2.28. The van der Waals surface area contributed by atoms with Gasteiger partial charge in [0.15, 0.2) is 0 Å². The van der Waals surface area contributed by atoms with E-state index in [4.69, 9.17) is 10.2 Å². The maximum Gasteiger partial charge on any atom is 0.335 e. The van der Waals surface area contributed by atoms with Crippen LogP contribution < -0.4 is 5.32 Å². The molecule has 1 amide bonds. The lowest BCUT2D eigenvalue weighted by Crippen LogP contribution is -2.40. The van der Waals surface area contributed by atoms with Gasteiger partial charge < -0.3 is 20.6 Å². The molecule has 118 valence electrons. The second-order valence-electron chi connectivity index (χ2n) is 5.41. The molecule has 0 radical (unpaired) electrons. The molecule has 0 bridgehead atoms. The Morgan fingerprint density at radius 1 is 1.14 bits per heavy atom. The van der Waals surface area contributed by atoms with Gasteiger partial charge in [0.25, 0.3) is 5.91 Å². The number of carboxylic acids is 2. The third-order valence-electron chi connectivity index (χ3n) is 3.85. The van der Waals surface area contributed by atoms with Gasteiger partial charge >= 0.3 is 11.9 Å². The molecule has 2 rings (SSSR count). The van der Waals surface area contributed by atoms with Gasteiger partial charge in [-0.25, -0.2) is 4.79 Å². The molecule has 1 aliphatic carbocycles. The minimum atomic E-state index is -1.20. The number of aromatic hydroxyl groups is 1. The zero-order chi connectivity index (χ0) is 16.3. The standard InChI is InChI=1S/C15H17NO6/c17-12-5-4-9(15(21)22)7-11(12)13(18)16-10-3-1-2-8(6-10)14(19)20/h4-5,7-8,10,17H,1-3,6H2,(H,16,18)(H,19,20)(H,21,22). The van der Waals surface area contributed by atoms with Crippen LogP contribution in [0.25, 0.3) is 0 Å². The van der Waals surface area contributed by atoms with Gasteiger partial charge in [0.05, 0.1) is 17.0 Å². The average Bonchev–Trinajstić information content (AvgIpc) is 2.47. The van der Waals surface area contributed by atoms with Crippen molar-refractivity contribution in [3.63, 3.8) is 0 Å². The monoisotopic (exact) mass is 307 g/mol. The fourth-order valence-corrected chi connectivity index (χ4v) is 2.66. The Labute approximate surface area is 126 Å². The van der Waals surface area contributed by atoms with Crippen molar-refractivity contribution in [1.29, 1.82) is 0 Å². The van der Waals surface area contributed by atoms with Crippen LogP contribution in [-0.2, 0) is 4.79 Å². The van der Waals surface area contributed by atoms with Crippen molar-refractivity contribution < 1.29 is 29.7 Å². The first-order valence-corrected chi connectivity index (χ1v) is 6.98. The number of rotatable bonds is 4. The van der Waals surface area contributed by atoms with Crippen LogP contribution in [0.5, 0.6) is 5.75 Å². The lowest BCUT2D eigenvalue weighted by atomic mass is 9.85. The van der Waals surface area contributed by atoms with Crippen molar-refractivity contribution in [3.8, 4) is 5.75 Å². The fraction of sp³-hybridized carbons (Fsp3) is 0.400. The summed E-state index contributed by atoms with van der Waals surface area (Å²) in [4.78, 5) is 34.1. The second-order valence-corrected chi connectivity index (χ2v) is 5.41. The summed E-state index contributed by atoms with van der Waals surface area (Å²) >= 11 is 0. The summed E-state index contributed by atoms with van der Waals surface area (Å²) in [5.74, 6) is -3.48. The molecule has 2 atom stereocenters. The van der Waals surface area contributed by atoms with Crippen molar-refractivity contribution in [2.75, 3.05) is 0 Å². The van der Waals surface area contributed by atoms with Crippen LogP contribution in [0, 0.1) is 5.92 Å². The van der Waals surface area contributed by atoms with Gasteiger partial charge in [-0.3, -0.25) is 9.59 Å². The summed E-state index contributed by atoms with van der Waals surface area (Å²) in [6, 6.07) is 3.16. The van der Waals surface area contributed by atoms with Crippen molar-refractivity contribution >= 4 is 17.8 Å². The SMILES string of the molecule is O=C(O)c1ccc(O)c(C(=O)NC2CCCC(C(=O)O)C2)c1. The summed E-state index contributed by atoms with van der Waals surface area (Å²) < 4.78 is 0. The highest BCUT2D eigenvalue weighted by Crippen LogP contribution is 2.25. The molecule has 0 aromatic heterocycles. The molecule has 7 nitrogen and oxygen atoms in total. The van der Waals surface area contributed by atoms with Crippen LogP contribution in [0.2, 0.25) is 0 Å². The molecule has 1 fully saturated rings. The lowest BCUT2D eigenvalue weighted by molar-refractivity contribution is -0.143. The van der Waals surface area contributed by atoms with Gasteiger partial charge in [0.2, 0.25) is 0 Å². The Bertz CT molecular complexity index is 612. The first-order chi connectivity index (χ1) is 10.4. The Balaban J connectivity index is 2.10. The number of phenols is 1. The third kappa shape index (κ3) is 3.55. The van der Waals surface area contributed by atoms with E-state index in [0.717, 1.165) is 12.1 Å². The number of nitrogens with one attached hydrogen (secondary N) is 1. The average molecular weight is 307 g/mol. The van der Waals surface area contributed by atoms with Crippen molar-refractivity contribution in [2.24, 2.45) is 5.92 Å². The van der Waals surface area contributed by atoms with E-state index in [2.05, 4.69) is 5.32 Å². The quantitative estimate of drug-likeness (QED) is 0.667. The molecule has 7 heteroatoms. The van der Waals surface area contributed by atoms with Gasteiger partial charge in [0, 0.05) is 6.04 Å². The summed E-state index contributed by atoms with van der Waals surface area (Å²) in [5, 5.41) is 30.3. The predicted molar refractivity (Wildman–Crippen MR) is 75.9 cm³/mol. The highest BCUT2D eigenvalue weighted by molar-refractivity contribution is 5.99. The van der Waals surface area contributed by atoms with Gasteiger partial charge in [-0.2, -0.15) is 0 Å². The molecule has 4 N–H and O–H groups in total. The zero-order valence-electron chi connectivity index (χ0n) is 11.8. The van der Waals surface area contributed by atoms with Crippen LogP contribution in [0.15, 0.2) is 18.2 Å². The topological polar surface area (TPSA) is 124 Å². The van der Waals surface area contributed by atoms with Gasteiger partial charge in [-0.1, -0.05) is 6.42 Å². The summed E-state index contributed by atoms with van der Waals surface area (Å²) in [7, 11) is 0. The number of carbonyl (C=O) groups is 3. The smallest absolute Gasteiger partial charge is 0.335 e.